The zero-order valence-electron chi connectivity index (χ0n) is 31.3. The van der Waals surface area contributed by atoms with Crippen molar-refractivity contribution in [1.29, 1.82) is 0 Å². The minimum atomic E-state index is -0.926. The van der Waals surface area contributed by atoms with Crippen LogP contribution in [-0.2, 0) is 25.5 Å². The Balaban J connectivity index is 1.80. The number of likely N-dealkylation sites (tertiary alicyclic amines) is 1. The van der Waals surface area contributed by atoms with Crippen molar-refractivity contribution >= 4 is 35.0 Å². The molecule has 1 aromatic carbocycles. The van der Waals surface area contributed by atoms with Gasteiger partial charge in [0.15, 0.2) is 0 Å². The normalized spacial score (nSPS) is 18.5. The molecule has 2 heterocycles. The zero-order chi connectivity index (χ0) is 37.7. The van der Waals surface area contributed by atoms with Gasteiger partial charge in [-0.2, -0.15) is 0 Å². The first-order chi connectivity index (χ1) is 24.3. The smallest absolute Gasteiger partial charge is 0.306 e. The summed E-state index contributed by atoms with van der Waals surface area (Å²) in [5, 5.41) is 17.9. The number of hydrogen-bond donors (Lipinski definition) is 3. The Morgan fingerprint density at radius 1 is 1.12 bits per heavy atom. The number of amides is 3. The Hall–Kier alpha value is -3.79. The number of rotatable bonds is 19. The number of aromatic nitrogens is 1. The quantitative estimate of drug-likeness (QED) is 0.169. The van der Waals surface area contributed by atoms with Crippen LogP contribution < -0.4 is 10.6 Å². The molecule has 1 fully saturated rings. The lowest BCUT2D eigenvalue weighted by Gasteiger charge is -2.38. The van der Waals surface area contributed by atoms with Crippen molar-refractivity contribution in [3.63, 3.8) is 0 Å². The summed E-state index contributed by atoms with van der Waals surface area (Å²) < 4.78 is 6.11. The van der Waals surface area contributed by atoms with Crippen LogP contribution in [0, 0.1) is 30.1 Å². The van der Waals surface area contributed by atoms with Gasteiger partial charge in [-0.1, -0.05) is 83.7 Å². The van der Waals surface area contributed by atoms with Crippen molar-refractivity contribution in [2.45, 2.75) is 110 Å². The van der Waals surface area contributed by atoms with Gasteiger partial charge in [0.25, 0.3) is 5.91 Å². The fourth-order valence-corrected chi connectivity index (χ4v) is 7.49. The first-order valence-electron chi connectivity index (χ1n) is 18.1. The minimum absolute atomic E-state index is 0.0148. The SMILES string of the molecule is C#CCOC(CC(C(C)C)N(C)C(=O)C(NC(=O)[C@H]1CCCCN1C)C(C)CC)c1nc(C(=O)NC(Cc2ccccc2)CC(C)C(=O)O)cs1. The number of carbonyl (C=O) groups excluding carboxylic acids is 3. The monoisotopic (exact) mass is 723 g/mol. The van der Waals surface area contributed by atoms with Gasteiger partial charge in [0.05, 0.1) is 12.0 Å². The number of terminal acetylenes is 1. The lowest BCUT2D eigenvalue weighted by atomic mass is 9.92. The molecule has 1 aliphatic rings. The van der Waals surface area contributed by atoms with Crippen molar-refractivity contribution in [2.75, 3.05) is 27.2 Å². The van der Waals surface area contributed by atoms with Gasteiger partial charge < -0.3 is 25.4 Å². The average molecular weight is 724 g/mol. The molecule has 0 bridgehead atoms. The van der Waals surface area contributed by atoms with Crippen LogP contribution in [0.15, 0.2) is 35.7 Å². The maximum atomic E-state index is 14.2. The standard InChI is InChI=1S/C39H57N5O6S/c1-9-20-50-33(37-41-30(24-51-37)35(45)40-29(21-27(6)39(48)49)22-28-16-12-11-13-17-28)23-32(25(3)4)44(8)38(47)34(26(5)10-2)42-36(46)31-18-14-15-19-43(31)7/h1,11-13,16-17,24-27,29,31-34H,10,14-15,18-23H2,2-8H3,(H,40,45)(H,42,46)(H,48,49)/t26?,27?,29?,31-,32?,33?,34?/m1/s1. The number of ether oxygens (including phenoxy) is 1. The molecule has 7 atom stereocenters. The van der Waals surface area contributed by atoms with E-state index in [0.29, 0.717) is 17.8 Å². The summed E-state index contributed by atoms with van der Waals surface area (Å²) in [6.45, 7) is 10.6. The van der Waals surface area contributed by atoms with E-state index >= 15 is 0 Å². The van der Waals surface area contributed by atoms with Gasteiger partial charge >= 0.3 is 5.97 Å². The summed E-state index contributed by atoms with van der Waals surface area (Å²) in [7, 11) is 3.72. The van der Waals surface area contributed by atoms with Crippen molar-refractivity contribution in [2.24, 2.45) is 17.8 Å². The van der Waals surface area contributed by atoms with E-state index in [9.17, 15) is 24.3 Å². The van der Waals surface area contributed by atoms with Crippen LogP contribution in [0.3, 0.4) is 0 Å². The maximum Gasteiger partial charge on any atom is 0.306 e. The van der Waals surface area contributed by atoms with Gasteiger partial charge in [0.2, 0.25) is 11.8 Å². The second kappa shape index (κ2) is 20.3. The highest BCUT2D eigenvalue weighted by Gasteiger charge is 2.37. The van der Waals surface area contributed by atoms with Gasteiger partial charge in [-0.15, -0.1) is 17.8 Å². The van der Waals surface area contributed by atoms with Gasteiger partial charge in [0, 0.05) is 30.9 Å². The fraction of sp³-hybridized carbons (Fsp3) is 0.615. The van der Waals surface area contributed by atoms with E-state index in [1.807, 2.05) is 65.1 Å². The number of thiazole rings is 1. The Bertz CT molecular complexity index is 1480. The number of piperidine rings is 1. The largest absolute Gasteiger partial charge is 0.481 e. The molecule has 280 valence electrons. The van der Waals surface area contributed by atoms with Crippen LogP contribution in [0.2, 0.25) is 0 Å². The van der Waals surface area contributed by atoms with Gasteiger partial charge in [-0.05, 0) is 56.7 Å². The third-order valence-corrected chi connectivity index (χ3v) is 11.0. The lowest BCUT2D eigenvalue weighted by Crippen LogP contribution is -2.58. The Kier molecular flexibility index (Phi) is 16.6. The summed E-state index contributed by atoms with van der Waals surface area (Å²) >= 11 is 1.27. The summed E-state index contributed by atoms with van der Waals surface area (Å²) in [5.74, 6) is 0.200. The van der Waals surface area contributed by atoms with Crippen molar-refractivity contribution < 1.29 is 29.0 Å². The third kappa shape index (κ3) is 12.2. The maximum absolute atomic E-state index is 14.2. The predicted octanol–water partition coefficient (Wildman–Crippen LogP) is 5.17. The topological polar surface area (TPSA) is 141 Å². The van der Waals surface area contributed by atoms with E-state index in [0.717, 1.165) is 37.8 Å². The number of nitrogens with zero attached hydrogens (tertiary/aromatic N) is 3. The molecular formula is C39H57N5O6S. The number of hydrogen-bond acceptors (Lipinski definition) is 8. The molecule has 0 spiro atoms. The highest BCUT2D eigenvalue weighted by Crippen LogP contribution is 2.31. The summed E-state index contributed by atoms with van der Waals surface area (Å²) in [6.07, 6.45) is 9.61. The first-order valence-corrected chi connectivity index (χ1v) is 19.0. The predicted molar refractivity (Wildman–Crippen MR) is 200 cm³/mol. The number of aliphatic carboxylic acids is 1. The molecule has 3 amide bonds. The molecular weight excluding hydrogens is 667 g/mol. The number of nitrogens with one attached hydrogen (secondary N) is 2. The molecule has 11 nitrogen and oxygen atoms in total. The Morgan fingerprint density at radius 2 is 1.82 bits per heavy atom. The zero-order valence-corrected chi connectivity index (χ0v) is 32.1. The summed E-state index contributed by atoms with van der Waals surface area (Å²) in [4.78, 5) is 61.2. The van der Waals surface area contributed by atoms with Crippen LogP contribution in [0.1, 0.15) is 100 Å². The molecule has 1 saturated heterocycles. The second-order valence-corrected chi connectivity index (χ2v) is 15.2. The number of benzene rings is 1. The lowest BCUT2D eigenvalue weighted by molar-refractivity contribution is -0.141. The van der Waals surface area contributed by atoms with Crippen LogP contribution in [-0.4, -0.2) is 95.0 Å². The Labute approximate surface area is 307 Å². The fourth-order valence-electron chi connectivity index (χ4n) is 6.63. The first kappa shape index (κ1) is 41.6. The molecule has 0 radical (unpaired) electrons. The number of carboxylic acid groups (broad SMARTS) is 1. The average Bonchev–Trinajstić information content (AvgIpc) is 3.60. The molecule has 51 heavy (non-hydrogen) atoms. The second-order valence-electron chi connectivity index (χ2n) is 14.3. The van der Waals surface area contributed by atoms with E-state index in [2.05, 4.69) is 26.4 Å². The molecule has 3 rings (SSSR count). The molecule has 2 aromatic rings. The van der Waals surface area contributed by atoms with E-state index in [4.69, 9.17) is 11.2 Å². The molecule has 0 aliphatic carbocycles. The van der Waals surface area contributed by atoms with E-state index in [1.165, 1.54) is 11.3 Å². The van der Waals surface area contributed by atoms with Crippen molar-refractivity contribution in [3.8, 4) is 12.3 Å². The van der Waals surface area contributed by atoms with Crippen LogP contribution in [0.25, 0.3) is 0 Å². The van der Waals surface area contributed by atoms with Crippen molar-refractivity contribution in [3.05, 3.63) is 52.0 Å². The van der Waals surface area contributed by atoms with Crippen LogP contribution in [0.5, 0.6) is 0 Å². The van der Waals surface area contributed by atoms with Crippen LogP contribution >= 0.6 is 11.3 Å². The number of carboxylic acids is 1. The van der Waals surface area contributed by atoms with Gasteiger partial charge in [-0.3, -0.25) is 24.1 Å². The summed E-state index contributed by atoms with van der Waals surface area (Å²) in [6, 6.07) is 7.95. The van der Waals surface area contributed by atoms with E-state index in [-0.39, 0.29) is 54.5 Å². The van der Waals surface area contributed by atoms with Crippen molar-refractivity contribution in [1.82, 2.24) is 25.4 Å². The van der Waals surface area contributed by atoms with E-state index in [1.54, 1.807) is 24.3 Å². The molecule has 6 unspecified atom stereocenters. The van der Waals surface area contributed by atoms with Crippen LogP contribution in [0.4, 0.5) is 0 Å². The summed E-state index contributed by atoms with van der Waals surface area (Å²) in [5.41, 5.74) is 1.18. The van der Waals surface area contributed by atoms with Gasteiger partial charge in [-0.25, -0.2) is 4.98 Å². The molecule has 12 heteroatoms. The molecule has 1 aromatic heterocycles. The molecule has 1 aliphatic heterocycles. The molecule has 3 N–H and O–H groups in total. The third-order valence-electron chi connectivity index (χ3n) is 10.0. The number of carbonyl (C=O) groups is 4. The highest BCUT2D eigenvalue weighted by atomic mass is 32.1. The molecule has 0 saturated carbocycles. The number of likely N-dealkylation sites (N-methyl/N-ethyl adjacent to an activating group) is 2. The Morgan fingerprint density at radius 3 is 2.43 bits per heavy atom. The van der Waals surface area contributed by atoms with E-state index < -0.39 is 36.0 Å². The minimum Gasteiger partial charge on any atom is -0.481 e. The van der Waals surface area contributed by atoms with Gasteiger partial charge in [0.1, 0.15) is 29.5 Å². The highest BCUT2D eigenvalue weighted by molar-refractivity contribution is 7.09.